The van der Waals surface area contributed by atoms with Crippen LogP contribution in [-0.4, -0.2) is 23.2 Å². The molecular weight excluding hydrogens is 459 g/mol. The summed E-state index contributed by atoms with van der Waals surface area (Å²) in [5.41, 5.74) is 0.373. The summed E-state index contributed by atoms with van der Waals surface area (Å²) in [5.74, 6) is 0.269. The smallest absolute Gasteiger partial charge is 0.416 e. The van der Waals surface area contributed by atoms with Crippen molar-refractivity contribution in [2.45, 2.75) is 43.0 Å². The van der Waals surface area contributed by atoms with Gasteiger partial charge in [-0.25, -0.2) is 4.98 Å². The molecule has 0 aliphatic carbocycles. The molecule has 170 valence electrons. The number of methoxy groups -OCH3 is 1. The van der Waals surface area contributed by atoms with E-state index in [4.69, 9.17) is 4.74 Å². The van der Waals surface area contributed by atoms with Crippen LogP contribution >= 0.6 is 23.1 Å². The number of thioether (sulfide) groups is 1. The lowest BCUT2D eigenvalue weighted by atomic mass is 9.85. The Bertz CT molecular complexity index is 1120. The summed E-state index contributed by atoms with van der Waals surface area (Å²) in [6.45, 7) is 5.15. The molecule has 0 saturated carbocycles. The Kier molecular flexibility index (Phi) is 6.90. The number of ether oxygens (including phenoxy) is 1. The molecule has 0 radical (unpaired) electrons. The molecule has 0 saturated heterocycles. The number of thiazole rings is 1. The molecule has 0 bridgehead atoms. The summed E-state index contributed by atoms with van der Waals surface area (Å²) < 4.78 is 43.8. The number of carboxylic acids is 1. The molecule has 0 aliphatic heterocycles. The van der Waals surface area contributed by atoms with Crippen LogP contribution in [-0.2, 0) is 22.1 Å². The third-order valence-corrected chi connectivity index (χ3v) is 7.60. The van der Waals surface area contributed by atoms with Gasteiger partial charge in [0.15, 0.2) is 0 Å². The highest BCUT2D eigenvalue weighted by Gasteiger charge is 2.31. The lowest BCUT2D eigenvalue weighted by Crippen LogP contribution is -2.28. The number of benzene rings is 2. The molecule has 32 heavy (non-hydrogen) atoms. The van der Waals surface area contributed by atoms with Crippen molar-refractivity contribution in [3.05, 3.63) is 64.2 Å². The van der Waals surface area contributed by atoms with Crippen LogP contribution < -0.4 is 4.74 Å². The van der Waals surface area contributed by atoms with Crippen molar-refractivity contribution in [2.75, 3.05) is 7.11 Å². The van der Waals surface area contributed by atoms with E-state index < -0.39 is 23.1 Å². The topological polar surface area (TPSA) is 59.4 Å². The minimum atomic E-state index is -4.37. The largest absolute Gasteiger partial charge is 0.496 e. The van der Waals surface area contributed by atoms with Crippen molar-refractivity contribution in [3.63, 3.8) is 0 Å². The maximum atomic E-state index is 12.8. The summed E-state index contributed by atoms with van der Waals surface area (Å²) in [5, 5.41) is 10.1. The molecule has 2 aromatic carbocycles. The fraction of sp³-hybridized carbons (Fsp3) is 0.304. The molecule has 1 aromatic heterocycles. The quantitative estimate of drug-likeness (QED) is 0.376. The van der Waals surface area contributed by atoms with E-state index in [1.807, 2.05) is 13.0 Å². The fourth-order valence-electron chi connectivity index (χ4n) is 2.93. The number of nitrogens with zero attached hydrogens (tertiary/aromatic N) is 1. The van der Waals surface area contributed by atoms with Gasteiger partial charge in [-0.15, -0.1) is 23.1 Å². The first-order valence-corrected chi connectivity index (χ1v) is 11.4. The Hall–Kier alpha value is -2.52. The number of aromatic nitrogens is 1. The highest BCUT2D eigenvalue weighted by Crippen LogP contribution is 2.39. The van der Waals surface area contributed by atoms with Crippen LogP contribution in [0.5, 0.6) is 5.75 Å². The monoisotopic (exact) mass is 481 g/mol. The third-order valence-electron chi connectivity index (χ3n) is 5.13. The number of aryl methyl sites for hydroxylation is 1. The van der Waals surface area contributed by atoms with Crippen LogP contribution in [0.4, 0.5) is 13.2 Å². The molecule has 3 rings (SSSR count). The van der Waals surface area contributed by atoms with Gasteiger partial charge in [0.25, 0.3) is 0 Å². The molecule has 3 aromatic rings. The maximum absolute atomic E-state index is 12.8. The summed E-state index contributed by atoms with van der Waals surface area (Å²) >= 11 is 2.97. The summed E-state index contributed by atoms with van der Waals surface area (Å²) in [6.07, 6.45) is -4.37. The second-order valence-corrected chi connectivity index (χ2v) is 9.79. The Morgan fingerprint density at radius 3 is 2.31 bits per heavy atom. The number of carbonyl (C=O) groups is 1. The van der Waals surface area contributed by atoms with Gasteiger partial charge in [0.05, 0.1) is 23.8 Å². The van der Waals surface area contributed by atoms with Gasteiger partial charge >= 0.3 is 12.1 Å². The van der Waals surface area contributed by atoms with Crippen LogP contribution in [0.15, 0.2) is 47.4 Å². The lowest BCUT2D eigenvalue weighted by Gasteiger charge is -2.21. The molecule has 0 spiro atoms. The van der Waals surface area contributed by atoms with Gasteiger partial charge in [-0.1, -0.05) is 18.2 Å². The number of alkyl halides is 3. The van der Waals surface area contributed by atoms with E-state index in [1.165, 1.54) is 42.3 Å². The van der Waals surface area contributed by atoms with E-state index in [1.54, 1.807) is 26.0 Å². The number of aliphatic carboxylic acids is 1. The van der Waals surface area contributed by atoms with E-state index in [-0.39, 0.29) is 0 Å². The van der Waals surface area contributed by atoms with Gasteiger partial charge in [0.1, 0.15) is 10.8 Å². The van der Waals surface area contributed by atoms with Gasteiger partial charge in [0.2, 0.25) is 0 Å². The average Bonchev–Trinajstić information content (AvgIpc) is 3.12. The van der Waals surface area contributed by atoms with Gasteiger partial charge in [0, 0.05) is 21.1 Å². The van der Waals surface area contributed by atoms with Crippen LogP contribution in [0.2, 0.25) is 0 Å². The second-order valence-electron chi connectivity index (χ2n) is 7.69. The predicted octanol–water partition coefficient (Wildman–Crippen LogP) is 6.80. The maximum Gasteiger partial charge on any atom is 0.416 e. The standard InChI is InChI=1S/C23H22F3NO3S2/c1-13-19(32-20(27-13)14-5-7-15(8-6-14)23(24,25)26)12-31-18-10-9-16(11-17(18)30-4)22(2,3)21(28)29/h5-11H,12H2,1-4H3,(H,28,29). The first kappa shape index (κ1) is 24.1. The Balaban J connectivity index is 1.78. The molecule has 1 heterocycles. The number of carboxylic acid groups (broad SMARTS) is 1. The Labute approximate surface area is 192 Å². The molecular formula is C23H22F3NO3S2. The SMILES string of the molecule is COc1cc(C(C)(C)C(=O)O)ccc1SCc1sc(-c2ccc(C(F)(F)F)cc2)nc1C. The number of halogens is 3. The van der Waals surface area contributed by atoms with Crippen molar-refractivity contribution in [3.8, 4) is 16.3 Å². The molecule has 0 aliphatic rings. The lowest BCUT2D eigenvalue weighted by molar-refractivity contribution is -0.142. The second kappa shape index (κ2) is 9.15. The van der Waals surface area contributed by atoms with Crippen LogP contribution in [0.3, 0.4) is 0 Å². The molecule has 0 fully saturated rings. The van der Waals surface area contributed by atoms with E-state index in [0.29, 0.717) is 27.6 Å². The summed E-state index contributed by atoms with van der Waals surface area (Å²) in [6, 6.07) is 10.4. The minimum absolute atomic E-state index is 0.590. The zero-order valence-electron chi connectivity index (χ0n) is 17.9. The summed E-state index contributed by atoms with van der Waals surface area (Å²) in [7, 11) is 1.54. The first-order valence-electron chi connectivity index (χ1n) is 9.62. The minimum Gasteiger partial charge on any atom is -0.496 e. The van der Waals surface area contributed by atoms with E-state index in [9.17, 15) is 23.1 Å². The van der Waals surface area contributed by atoms with Gasteiger partial charge in [-0.3, -0.25) is 4.79 Å². The predicted molar refractivity (Wildman–Crippen MR) is 121 cm³/mol. The highest BCUT2D eigenvalue weighted by atomic mass is 32.2. The van der Waals surface area contributed by atoms with Gasteiger partial charge in [-0.2, -0.15) is 13.2 Å². The van der Waals surface area contributed by atoms with E-state index >= 15 is 0 Å². The molecule has 4 nitrogen and oxygen atoms in total. The van der Waals surface area contributed by atoms with Crippen molar-refractivity contribution < 1.29 is 27.8 Å². The van der Waals surface area contributed by atoms with Crippen molar-refractivity contribution in [1.29, 1.82) is 0 Å². The zero-order valence-corrected chi connectivity index (χ0v) is 19.5. The van der Waals surface area contributed by atoms with E-state index in [0.717, 1.165) is 27.6 Å². The molecule has 0 atom stereocenters. The molecule has 0 unspecified atom stereocenters. The Morgan fingerprint density at radius 1 is 1.12 bits per heavy atom. The van der Waals surface area contributed by atoms with Gasteiger partial charge < -0.3 is 9.84 Å². The first-order chi connectivity index (χ1) is 14.9. The summed E-state index contributed by atoms with van der Waals surface area (Å²) in [4.78, 5) is 17.9. The van der Waals surface area contributed by atoms with E-state index in [2.05, 4.69) is 4.98 Å². The average molecular weight is 482 g/mol. The number of hydrogen-bond acceptors (Lipinski definition) is 5. The highest BCUT2D eigenvalue weighted by molar-refractivity contribution is 7.98. The van der Waals surface area contributed by atoms with Crippen molar-refractivity contribution in [2.24, 2.45) is 0 Å². The van der Waals surface area contributed by atoms with Crippen LogP contribution in [0.1, 0.15) is 35.5 Å². The van der Waals surface area contributed by atoms with Gasteiger partial charge in [-0.05, 0) is 50.6 Å². The van der Waals surface area contributed by atoms with Crippen molar-refractivity contribution in [1.82, 2.24) is 4.98 Å². The van der Waals surface area contributed by atoms with Crippen LogP contribution in [0, 0.1) is 6.92 Å². The molecule has 9 heteroatoms. The number of hydrogen-bond donors (Lipinski definition) is 1. The number of rotatable bonds is 7. The third kappa shape index (κ3) is 5.10. The normalized spacial score (nSPS) is 12.1. The molecule has 0 amide bonds. The van der Waals surface area contributed by atoms with Crippen molar-refractivity contribution >= 4 is 29.1 Å². The zero-order chi connectivity index (χ0) is 23.7. The molecule has 1 N–H and O–H groups in total. The fourth-order valence-corrected chi connectivity index (χ4v) is 5.15. The van der Waals surface area contributed by atoms with Crippen LogP contribution in [0.25, 0.3) is 10.6 Å². The Morgan fingerprint density at radius 2 is 1.75 bits per heavy atom.